The van der Waals surface area contributed by atoms with Crippen molar-refractivity contribution in [2.24, 2.45) is 5.73 Å². The third kappa shape index (κ3) is 2.68. The second kappa shape index (κ2) is 5.05. The van der Waals surface area contributed by atoms with Crippen molar-refractivity contribution in [1.82, 2.24) is 9.88 Å². The van der Waals surface area contributed by atoms with Crippen LogP contribution in [0.25, 0.3) is 0 Å². The lowest BCUT2D eigenvalue weighted by Gasteiger charge is -2.28. The van der Waals surface area contributed by atoms with Gasteiger partial charge in [0.25, 0.3) is 0 Å². The maximum absolute atomic E-state index is 11.7. The van der Waals surface area contributed by atoms with Crippen LogP contribution in [0.2, 0.25) is 0 Å². The van der Waals surface area contributed by atoms with Gasteiger partial charge in [0, 0.05) is 31.3 Å². The molecule has 0 bridgehead atoms. The van der Waals surface area contributed by atoms with E-state index in [0.717, 1.165) is 5.69 Å². The number of imide groups is 1. The molecule has 1 aliphatic heterocycles. The fourth-order valence-electron chi connectivity index (χ4n) is 1.87. The van der Waals surface area contributed by atoms with E-state index in [4.69, 9.17) is 5.73 Å². The Balaban J connectivity index is 1.98. The molecule has 1 aliphatic rings. The maximum Gasteiger partial charge on any atom is 0.246 e. The Morgan fingerprint density at radius 2 is 2.24 bits per heavy atom. The molecule has 1 fully saturated rings. The van der Waals surface area contributed by atoms with Crippen LogP contribution in [-0.4, -0.2) is 34.3 Å². The molecule has 17 heavy (non-hydrogen) atoms. The van der Waals surface area contributed by atoms with Crippen molar-refractivity contribution in [2.45, 2.75) is 25.3 Å². The number of carbonyl (C=O) groups is 2. The van der Waals surface area contributed by atoms with Crippen LogP contribution in [0, 0.1) is 0 Å². The van der Waals surface area contributed by atoms with Crippen LogP contribution in [0.3, 0.4) is 0 Å². The number of carbonyl (C=O) groups excluding carboxylic acids is 2. The average Bonchev–Trinajstić information content (AvgIpc) is 2.35. The number of amides is 2. The Bertz CT molecular complexity index is 419. The first-order valence-corrected chi connectivity index (χ1v) is 5.68. The molecule has 0 aliphatic carbocycles. The second-order valence-corrected chi connectivity index (χ2v) is 4.10. The minimum atomic E-state index is -0.531. The highest BCUT2D eigenvalue weighted by Crippen LogP contribution is 2.12. The number of nitrogens with two attached hydrogens (primary N) is 1. The monoisotopic (exact) mass is 233 g/mol. The van der Waals surface area contributed by atoms with E-state index in [-0.39, 0.29) is 11.8 Å². The van der Waals surface area contributed by atoms with E-state index in [9.17, 15) is 9.59 Å². The third-order valence-corrected chi connectivity index (χ3v) is 2.87. The van der Waals surface area contributed by atoms with Crippen molar-refractivity contribution in [3.8, 4) is 0 Å². The summed E-state index contributed by atoms with van der Waals surface area (Å²) in [5.74, 6) is -0.398. The topological polar surface area (TPSA) is 76.3 Å². The molecule has 1 saturated heterocycles. The smallest absolute Gasteiger partial charge is 0.246 e. The zero-order valence-electron chi connectivity index (χ0n) is 9.50. The lowest BCUT2D eigenvalue weighted by molar-refractivity contribution is -0.149. The van der Waals surface area contributed by atoms with E-state index < -0.39 is 6.04 Å². The molecular weight excluding hydrogens is 218 g/mol. The van der Waals surface area contributed by atoms with Gasteiger partial charge in [-0.25, -0.2) is 0 Å². The van der Waals surface area contributed by atoms with Crippen molar-refractivity contribution in [1.29, 1.82) is 0 Å². The highest BCUT2D eigenvalue weighted by molar-refractivity contribution is 6.00. The first-order chi connectivity index (χ1) is 8.18. The van der Waals surface area contributed by atoms with Crippen LogP contribution in [0.5, 0.6) is 0 Å². The Labute approximate surface area is 99.6 Å². The van der Waals surface area contributed by atoms with Crippen molar-refractivity contribution in [2.75, 3.05) is 6.54 Å². The summed E-state index contributed by atoms with van der Waals surface area (Å²) in [7, 11) is 0. The Morgan fingerprint density at radius 1 is 1.41 bits per heavy atom. The number of hydrogen-bond acceptors (Lipinski definition) is 4. The van der Waals surface area contributed by atoms with Gasteiger partial charge in [0.1, 0.15) is 0 Å². The van der Waals surface area contributed by atoms with E-state index in [1.54, 1.807) is 6.20 Å². The summed E-state index contributed by atoms with van der Waals surface area (Å²) in [6, 6.07) is 5.06. The molecule has 1 atom stereocenters. The van der Waals surface area contributed by atoms with Gasteiger partial charge >= 0.3 is 0 Å². The van der Waals surface area contributed by atoms with E-state index in [1.165, 1.54) is 4.90 Å². The normalized spacial score (nSPS) is 20.8. The van der Waals surface area contributed by atoms with Crippen LogP contribution in [0.15, 0.2) is 24.4 Å². The van der Waals surface area contributed by atoms with Crippen LogP contribution >= 0.6 is 0 Å². The van der Waals surface area contributed by atoms with Crippen LogP contribution in [0.4, 0.5) is 0 Å². The van der Waals surface area contributed by atoms with Gasteiger partial charge in [0.15, 0.2) is 0 Å². The van der Waals surface area contributed by atoms with Gasteiger partial charge in [-0.05, 0) is 18.6 Å². The highest BCUT2D eigenvalue weighted by Gasteiger charge is 2.31. The summed E-state index contributed by atoms with van der Waals surface area (Å²) in [6.07, 6.45) is 3.08. The lowest BCUT2D eigenvalue weighted by atomic mass is 10.0. The summed E-state index contributed by atoms with van der Waals surface area (Å²) in [6.45, 7) is 0.363. The summed E-state index contributed by atoms with van der Waals surface area (Å²) >= 11 is 0. The lowest BCUT2D eigenvalue weighted by Crippen LogP contribution is -2.51. The zero-order valence-corrected chi connectivity index (χ0v) is 9.50. The molecule has 5 nitrogen and oxygen atoms in total. The number of rotatable bonds is 3. The summed E-state index contributed by atoms with van der Waals surface area (Å²) in [5.41, 5.74) is 6.51. The first kappa shape index (κ1) is 11.7. The quantitative estimate of drug-likeness (QED) is 0.751. The predicted octanol–water partition coefficient (Wildman–Crippen LogP) is 0.100. The molecule has 1 aromatic rings. The molecule has 0 spiro atoms. The third-order valence-electron chi connectivity index (χ3n) is 2.87. The molecule has 0 saturated carbocycles. The molecule has 1 aromatic heterocycles. The van der Waals surface area contributed by atoms with Gasteiger partial charge in [-0.15, -0.1) is 0 Å². The van der Waals surface area contributed by atoms with Crippen LogP contribution in [-0.2, 0) is 16.0 Å². The van der Waals surface area contributed by atoms with E-state index in [1.807, 2.05) is 18.2 Å². The first-order valence-electron chi connectivity index (χ1n) is 5.68. The Kier molecular flexibility index (Phi) is 3.49. The second-order valence-electron chi connectivity index (χ2n) is 4.10. The molecular formula is C12H15N3O2. The summed E-state index contributed by atoms with van der Waals surface area (Å²) in [5, 5.41) is 0. The SMILES string of the molecule is NC1CCC(=O)N(CCc2ccccn2)C1=O. The molecule has 90 valence electrons. The molecule has 2 heterocycles. The molecule has 1 unspecified atom stereocenters. The van der Waals surface area contributed by atoms with E-state index in [0.29, 0.717) is 25.8 Å². The van der Waals surface area contributed by atoms with Crippen LogP contribution < -0.4 is 5.73 Å². The van der Waals surface area contributed by atoms with Gasteiger partial charge in [-0.2, -0.15) is 0 Å². The van der Waals surface area contributed by atoms with E-state index in [2.05, 4.69) is 4.98 Å². The predicted molar refractivity (Wildman–Crippen MR) is 61.9 cm³/mol. The van der Waals surface area contributed by atoms with Gasteiger partial charge in [-0.1, -0.05) is 6.07 Å². The molecule has 0 radical (unpaired) electrons. The molecule has 2 N–H and O–H groups in total. The van der Waals surface area contributed by atoms with Crippen LogP contribution in [0.1, 0.15) is 18.5 Å². The largest absolute Gasteiger partial charge is 0.320 e. The van der Waals surface area contributed by atoms with Gasteiger partial charge in [-0.3, -0.25) is 19.5 Å². The van der Waals surface area contributed by atoms with Crippen molar-refractivity contribution in [3.63, 3.8) is 0 Å². The maximum atomic E-state index is 11.7. The fraction of sp³-hybridized carbons (Fsp3) is 0.417. The fourth-order valence-corrected chi connectivity index (χ4v) is 1.87. The zero-order chi connectivity index (χ0) is 12.3. The standard InChI is InChI=1S/C12H15N3O2/c13-10-4-5-11(16)15(12(10)17)8-6-9-3-1-2-7-14-9/h1-3,7,10H,4-6,8,13H2. The summed E-state index contributed by atoms with van der Waals surface area (Å²) in [4.78, 5) is 28.7. The molecule has 5 heteroatoms. The number of pyridine rings is 1. The minimum absolute atomic E-state index is 0.132. The number of piperidine rings is 1. The Morgan fingerprint density at radius 3 is 2.94 bits per heavy atom. The summed E-state index contributed by atoms with van der Waals surface area (Å²) < 4.78 is 0. The molecule has 2 amide bonds. The van der Waals surface area contributed by atoms with Gasteiger partial charge in [0.2, 0.25) is 11.8 Å². The number of likely N-dealkylation sites (tertiary alicyclic amines) is 1. The minimum Gasteiger partial charge on any atom is -0.320 e. The Hall–Kier alpha value is -1.75. The number of hydrogen-bond donors (Lipinski definition) is 1. The average molecular weight is 233 g/mol. The van der Waals surface area contributed by atoms with Crippen molar-refractivity contribution in [3.05, 3.63) is 30.1 Å². The van der Waals surface area contributed by atoms with Gasteiger partial charge in [0.05, 0.1) is 6.04 Å². The molecule has 2 rings (SSSR count). The van der Waals surface area contributed by atoms with E-state index >= 15 is 0 Å². The number of aromatic nitrogens is 1. The van der Waals surface area contributed by atoms with Gasteiger partial charge < -0.3 is 5.73 Å². The molecule has 0 aromatic carbocycles. The highest BCUT2D eigenvalue weighted by atomic mass is 16.2. The number of nitrogens with zero attached hydrogens (tertiary/aromatic N) is 2. The van der Waals surface area contributed by atoms with Crippen molar-refractivity contribution < 1.29 is 9.59 Å². The van der Waals surface area contributed by atoms with Crippen molar-refractivity contribution >= 4 is 11.8 Å².